The Bertz CT molecular complexity index is 592. The highest BCUT2D eigenvalue weighted by molar-refractivity contribution is 9.10. The SMILES string of the molecule is Clc1ccc(CNCC2Cc3ccccc3O2)c(Br)c1. The van der Waals surface area contributed by atoms with E-state index in [1.807, 2.05) is 30.3 Å². The van der Waals surface area contributed by atoms with Crippen molar-refractivity contribution in [2.24, 2.45) is 0 Å². The Hall–Kier alpha value is -1.03. The minimum atomic E-state index is 0.221. The Kier molecular flexibility index (Phi) is 4.29. The molecule has 0 fully saturated rings. The van der Waals surface area contributed by atoms with Crippen LogP contribution in [-0.2, 0) is 13.0 Å². The quantitative estimate of drug-likeness (QED) is 0.890. The summed E-state index contributed by atoms with van der Waals surface area (Å²) in [5, 5.41) is 4.19. The first kappa shape index (κ1) is 13.9. The number of hydrogen-bond donors (Lipinski definition) is 1. The number of rotatable bonds is 4. The van der Waals surface area contributed by atoms with E-state index in [1.54, 1.807) is 0 Å². The van der Waals surface area contributed by atoms with Gasteiger partial charge < -0.3 is 10.1 Å². The number of halogens is 2. The van der Waals surface area contributed by atoms with Crippen LogP contribution in [0.4, 0.5) is 0 Å². The third-order valence-electron chi connectivity index (χ3n) is 3.42. The van der Waals surface area contributed by atoms with Gasteiger partial charge in [-0.2, -0.15) is 0 Å². The van der Waals surface area contributed by atoms with E-state index in [4.69, 9.17) is 16.3 Å². The molecule has 0 radical (unpaired) electrons. The Morgan fingerprint density at radius 1 is 1.25 bits per heavy atom. The lowest BCUT2D eigenvalue weighted by molar-refractivity contribution is 0.227. The smallest absolute Gasteiger partial charge is 0.123 e. The summed E-state index contributed by atoms with van der Waals surface area (Å²) in [6.45, 7) is 1.64. The molecule has 1 atom stereocenters. The van der Waals surface area contributed by atoms with Crippen molar-refractivity contribution in [1.82, 2.24) is 5.32 Å². The summed E-state index contributed by atoms with van der Waals surface area (Å²) in [7, 11) is 0. The van der Waals surface area contributed by atoms with E-state index >= 15 is 0 Å². The average Bonchev–Trinajstić information content (AvgIpc) is 2.84. The fourth-order valence-corrected chi connectivity index (χ4v) is 3.22. The van der Waals surface area contributed by atoms with Crippen molar-refractivity contribution in [3.63, 3.8) is 0 Å². The van der Waals surface area contributed by atoms with Crippen molar-refractivity contribution >= 4 is 27.5 Å². The second-order valence-corrected chi connectivity index (χ2v) is 6.21. The predicted molar refractivity (Wildman–Crippen MR) is 85.4 cm³/mol. The average molecular weight is 353 g/mol. The Morgan fingerprint density at radius 3 is 2.90 bits per heavy atom. The van der Waals surface area contributed by atoms with Crippen molar-refractivity contribution in [3.8, 4) is 5.75 Å². The van der Waals surface area contributed by atoms with Crippen LogP contribution in [0.15, 0.2) is 46.9 Å². The zero-order valence-electron chi connectivity index (χ0n) is 10.9. The second-order valence-electron chi connectivity index (χ2n) is 4.92. The highest BCUT2D eigenvalue weighted by atomic mass is 79.9. The molecule has 1 unspecified atom stereocenters. The van der Waals surface area contributed by atoms with E-state index in [1.165, 1.54) is 11.1 Å². The number of benzene rings is 2. The van der Waals surface area contributed by atoms with E-state index in [0.29, 0.717) is 0 Å². The summed E-state index contributed by atoms with van der Waals surface area (Å²) in [5.74, 6) is 1.02. The molecule has 4 heteroatoms. The third kappa shape index (κ3) is 3.17. The normalized spacial score (nSPS) is 16.8. The highest BCUT2D eigenvalue weighted by Crippen LogP contribution is 2.28. The maximum atomic E-state index is 5.94. The highest BCUT2D eigenvalue weighted by Gasteiger charge is 2.21. The fourth-order valence-electron chi connectivity index (χ4n) is 2.40. The molecule has 2 aromatic rings. The van der Waals surface area contributed by atoms with E-state index in [0.717, 1.165) is 34.8 Å². The van der Waals surface area contributed by atoms with Gasteiger partial charge >= 0.3 is 0 Å². The molecular weight excluding hydrogens is 338 g/mol. The van der Waals surface area contributed by atoms with Crippen LogP contribution < -0.4 is 10.1 Å². The molecule has 0 aromatic heterocycles. The molecule has 0 amide bonds. The first-order chi connectivity index (χ1) is 9.72. The molecule has 0 saturated heterocycles. The molecule has 104 valence electrons. The summed E-state index contributed by atoms with van der Waals surface area (Å²) in [6.07, 6.45) is 1.20. The van der Waals surface area contributed by atoms with Gasteiger partial charge in [0, 0.05) is 29.0 Å². The van der Waals surface area contributed by atoms with Gasteiger partial charge in [-0.05, 0) is 29.3 Å². The summed E-state index contributed by atoms with van der Waals surface area (Å²) in [5.41, 5.74) is 2.50. The molecule has 1 N–H and O–H groups in total. The van der Waals surface area contributed by atoms with Gasteiger partial charge in [0.2, 0.25) is 0 Å². The van der Waals surface area contributed by atoms with Crippen LogP contribution in [0.5, 0.6) is 5.75 Å². The molecule has 2 aromatic carbocycles. The summed E-state index contributed by atoms with van der Waals surface area (Å²) in [4.78, 5) is 0. The number of nitrogens with one attached hydrogen (secondary N) is 1. The van der Waals surface area contributed by atoms with Gasteiger partial charge in [0.1, 0.15) is 11.9 Å². The summed E-state index contributed by atoms with van der Waals surface area (Å²) in [6, 6.07) is 14.1. The first-order valence-corrected chi connectivity index (χ1v) is 7.78. The largest absolute Gasteiger partial charge is 0.488 e. The van der Waals surface area contributed by atoms with Crippen LogP contribution in [0.3, 0.4) is 0 Å². The van der Waals surface area contributed by atoms with Gasteiger partial charge in [-0.3, -0.25) is 0 Å². The molecule has 20 heavy (non-hydrogen) atoms. The minimum Gasteiger partial charge on any atom is -0.488 e. The lowest BCUT2D eigenvalue weighted by Crippen LogP contribution is -2.29. The minimum absolute atomic E-state index is 0.221. The standard InChI is InChI=1S/C16H15BrClNO/c17-15-8-13(18)6-5-12(15)9-19-10-14-7-11-3-1-2-4-16(11)20-14/h1-6,8,14,19H,7,9-10H2. The van der Waals surface area contributed by atoms with E-state index in [-0.39, 0.29) is 6.10 Å². The Morgan fingerprint density at radius 2 is 2.10 bits per heavy atom. The van der Waals surface area contributed by atoms with Gasteiger partial charge in [-0.25, -0.2) is 0 Å². The molecule has 1 heterocycles. The maximum Gasteiger partial charge on any atom is 0.123 e. The zero-order chi connectivity index (χ0) is 13.9. The van der Waals surface area contributed by atoms with Crippen LogP contribution >= 0.6 is 27.5 Å². The topological polar surface area (TPSA) is 21.3 Å². The van der Waals surface area contributed by atoms with E-state index in [9.17, 15) is 0 Å². The first-order valence-electron chi connectivity index (χ1n) is 6.61. The van der Waals surface area contributed by atoms with Gasteiger partial charge in [-0.1, -0.05) is 51.8 Å². The van der Waals surface area contributed by atoms with Gasteiger partial charge in [0.25, 0.3) is 0 Å². The molecule has 2 nitrogen and oxygen atoms in total. The Labute approximate surface area is 132 Å². The predicted octanol–water partition coefficient (Wildman–Crippen LogP) is 4.20. The van der Waals surface area contributed by atoms with Crippen molar-refractivity contribution in [2.45, 2.75) is 19.1 Å². The van der Waals surface area contributed by atoms with Crippen LogP contribution in [0.2, 0.25) is 5.02 Å². The summed E-state index contributed by atoms with van der Waals surface area (Å²) >= 11 is 9.46. The van der Waals surface area contributed by atoms with E-state index in [2.05, 4.69) is 33.4 Å². The van der Waals surface area contributed by atoms with Crippen molar-refractivity contribution in [2.75, 3.05) is 6.54 Å². The lowest BCUT2D eigenvalue weighted by Gasteiger charge is -2.12. The third-order valence-corrected chi connectivity index (χ3v) is 4.39. The number of para-hydroxylation sites is 1. The van der Waals surface area contributed by atoms with E-state index < -0.39 is 0 Å². The molecule has 0 spiro atoms. The van der Waals surface area contributed by atoms with Gasteiger partial charge in [-0.15, -0.1) is 0 Å². The lowest BCUT2D eigenvalue weighted by atomic mass is 10.1. The van der Waals surface area contributed by atoms with Crippen LogP contribution in [-0.4, -0.2) is 12.6 Å². The van der Waals surface area contributed by atoms with Crippen LogP contribution in [0.25, 0.3) is 0 Å². The maximum absolute atomic E-state index is 5.94. The molecule has 0 bridgehead atoms. The van der Waals surface area contributed by atoms with Crippen LogP contribution in [0.1, 0.15) is 11.1 Å². The molecule has 3 rings (SSSR count). The van der Waals surface area contributed by atoms with Gasteiger partial charge in [0.05, 0.1) is 0 Å². The number of hydrogen-bond acceptors (Lipinski definition) is 2. The van der Waals surface area contributed by atoms with Crippen molar-refractivity contribution in [3.05, 3.63) is 63.1 Å². The number of ether oxygens (including phenoxy) is 1. The molecule has 1 aliphatic heterocycles. The van der Waals surface area contributed by atoms with Crippen molar-refractivity contribution in [1.29, 1.82) is 0 Å². The second kappa shape index (κ2) is 6.17. The Balaban J connectivity index is 1.52. The zero-order valence-corrected chi connectivity index (χ0v) is 13.2. The van der Waals surface area contributed by atoms with Gasteiger partial charge in [0.15, 0.2) is 0 Å². The molecule has 1 aliphatic rings. The molecular formula is C16H15BrClNO. The monoisotopic (exact) mass is 351 g/mol. The fraction of sp³-hybridized carbons (Fsp3) is 0.250. The van der Waals surface area contributed by atoms with Crippen LogP contribution in [0, 0.1) is 0 Å². The molecule has 0 aliphatic carbocycles. The summed E-state index contributed by atoms with van der Waals surface area (Å²) < 4.78 is 6.93. The van der Waals surface area contributed by atoms with Crippen molar-refractivity contribution < 1.29 is 4.74 Å². The number of fused-ring (bicyclic) bond motifs is 1. The molecule has 0 saturated carbocycles.